The molecule has 0 spiro atoms. The fourth-order valence-electron chi connectivity index (χ4n) is 1.71. The summed E-state index contributed by atoms with van der Waals surface area (Å²) < 4.78 is 0. The first-order valence-corrected chi connectivity index (χ1v) is 4.46. The van der Waals surface area contributed by atoms with E-state index < -0.39 is 0 Å². The molecule has 1 heterocycles. The zero-order valence-corrected chi connectivity index (χ0v) is 7.03. The Balaban J connectivity index is 2.26. The van der Waals surface area contributed by atoms with Crippen molar-refractivity contribution in [3.63, 3.8) is 0 Å². The van der Waals surface area contributed by atoms with E-state index in [0.717, 1.165) is 25.7 Å². The maximum absolute atomic E-state index is 9.44. The van der Waals surface area contributed by atoms with Gasteiger partial charge < -0.3 is 5.11 Å². The molecule has 0 aliphatic heterocycles. The summed E-state index contributed by atoms with van der Waals surface area (Å²) in [5.74, 6) is 0. The van der Waals surface area contributed by atoms with E-state index in [9.17, 15) is 5.11 Å². The van der Waals surface area contributed by atoms with Crippen molar-refractivity contribution in [2.75, 3.05) is 0 Å². The lowest BCUT2D eigenvalue weighted by molar-refractivity contribution is 0.158. The Labute approximate surface area is 72.3 Å². The van der Waals surface area contributed by atoms with Crippen LogP contribution in [0.5, 0.6) is 0 Å². The van der Waals surface area contributed by atoms with Gasteiger partial charge in [0, 0.05) is 12.4 Å². The third kappa shape index (κ3) is 1.48. The maximum Gasteiger partial charge on any atom is 0.0546 e. The number of aliphatic hydroxyl groups is 1. The van der Waals surface area contributed by atoms with Crippen LogP contribution in [0.3, 0.4) is 0 Å². The molecule has 1 aromatic rings. The first-order chi connectivity index (χ1) is 5.86. The van der Waals surface area contributed by atoms with Gasteiger partial charge in [-0.25, -0.2) is 0 Å². The van der Waals surface area contributed by atoms with E-state index in [4.69, 9.17) is 0 Å². The third-order valence-electron chi connectivity index (χ3n) is 2.50. The minimum atomic E-state index is -0.114. The second-order valence-corrected chi connectivity index (χ2v) is 3.38. The normalized spacial score (nSPS) is 22.9. The summed E-state index contributed by atoms with van der Waals surface area (Å²) in [5, 5.41) is 9.44. The number of pyridine rings is 1. The van der Waals surface area contributed by atoms with Gasteiger partial charge in [0.2, 0.25) is 0 Å². The molecular formula is C10H13NO. The fraction of sp³-hybridized carbons (Fsp3) is 0.500. The molecule has 0 fully saturated rings. The van der Waals surface area contributed by atoms with E-state index in [2.05, 4.69) is 11.1 Å². The molecule has 0 radical (unpaired) electrons. The van der Waals surface area contributed by atoms with Crippen molar-refractivity contribution < 1.29 is 5.11 Å². The maximum atomic E-state index is 9.44. The summed E-state index contributed by atoms with van der Waals surface area (Å²) in [6.07, 6.45) is 7.40. The van der Waals surface area contributed by atoms with Gasteiger partial charge in [0.15, 0.2) is 0 Å². The monoisotopic (exact) mass is 163 g/mol. The van der Waals surface area contributed by atoms with E-state index >= 15 is 0 Å². The first-order valence-electron chi connectivity index (χ1n) is 4.46. The van der Waals surface area contributed by atoms with E-state index in [1.165, 1.54) is 11.1 Å². The summed E-state index contributed by atoms with van der Waals surface area (Å²) in [4.78, 5) is 4.08. The van der Waals surface area contributed by atoms with Crippen molar-refractivity contribution in [2.45, 2.75) is 31.8 Å². The van der Waals surface area contributed by atoms with Gasteiger partial charge in [-0.05, 0) is 42.9 Å². The minimum Gasteiger partial charge on any atom is -0.393 e. The van der Waals surface area contributed by atoms with Crippen LogP contribution in [0.25, 0.3) is 0 Å². The number of aromatic nitrogens is 1. The van der Waals surface area contributed by atoms with Crippen LogP contribution in [0.1, 0.15) is 24.0 Å². The molecule has 0 saturated carbocycles. The minimum absolute atomic E-state index is 0.114. The molecule has 2 nitrogen and oxygen atoms in total. The molecular weight excluding hydrogens is 150 g/mol. The van der Waals surface area contributed by atoms with Crippen molar-refractivity contribution in [1.29, 1.82) is 0 Å². The lowest BCUT2D eigenvalue weighted by atomic mass is 10.1. The Morgan fingerprint density at radius 3 is 2.83 bits per heavy atom. The second-order valence-electron chi connectivity index (χ2n) is 3.38. The van der Waals surface area contributed by atoms with Crippen LogP contribution in [-0.2, 0) is 12.8 Å². The molecule has 1 atom stereocenters. The highest BCUT2D eigenvalue weighted by Gasteiger charge is 2.12. The van der Waals surface area contributed by atoms with E-state index in [1.54, 1.807) is 0 Å². The summed E-state index contributed by atoms with van der Waals surface area (Å²) in [7, 11) is 0. The lowest BCUT2D eigenvalue weighted by Gasteiger charge is -2.02. The van der Waals surface area contributed by atoms with E-state index in [-0.39, 0.29) is 6.10 Å². The molecule has 1 aliphatic carbocycles. The topological polar surface area (TPSA) is 33.1 Å². The predicted octanol–water partition coefficient (Wildman–Crippen LogP) is 1.32. The van der Waals surface area contributed by atoms with Crippen LogP contribution in [0.2, 0.25) is 0 Å². The highest BCUT2D eigenvalue weighted by molar-refractivity contribution is 5.24. The number of aryl methyl sites for hydroxylation is 2. The molecule has 64 valence electrons. The fourth-order valence-corrected chi connectivity index (χ4v) is 1.71. The number of fused-ring (bicyclic) bond motifs is 1. The zero-order valence-electron chi connectivity index (χ0n) is 7.03. The quantitative estimate of drug-likeness (QED) is 0.585. The van der Waals surface area contributed by atoms with Crippen LogP contribution in [0.4, 0.5) is 0 Å². The summed E-state index contributed by atoms with van der Waals surface area (Å²) >= 11 is 0. The van der Waals surface area contributed by atoms with Crippen LogP contribution in [0, 0.1) is 0 Å². The van der Waals surface area contributed by atoms with Gasteiger partial charge in [0.1, 0.15) is 0 Å². The molecule has 0 amide bonds. The number of rotatable bonds is 0. The molecule has 12 heavy (non-hydrogen) atoms. The average Bonchev–Trinajstić information content (AvgIpc) is 2.29. The Bertz CT molecular complexity index is 245. The van der Waals surface area contributed by atoms with Gasteiger partial charge >= 0.3 is 0 Å². The molecule has 1 unspecified atom stereocenters. The zero-order chi connectivity index (χ0) is 8.39. The van der Waals surface area contributed by atoms with Crippen molar-refractivity contribution in [3.8, 4) is 0 Å². The number of hydrogen-bond donors (Lipinski definition) is 1. The number of nitrogens with zero attached hydrogens (tertiary/aromatic N) is 1. The van der Waals surface area contributed by atoms with Crippen LogP contribution >= 0.6 is 0 Å². The second kappa shape index (κ2) is 3.23. The Kier molecular flexibility index (Phi) is 2.09. The van der Waals surface area contributed by atoms with Gasteiger partial charge in [0.25, 0.3) is 0 Å². The average molecular weight is 163 g/mol. The van der Waals surface area contributed by atoms with Crippen LogP contribution in [0.15, 0.2) is 18.5 Å². The standard InChI is InChI=1S/C10H13NO/c12-10-3-1-8-5-6-11-7-9(8)2-4-10/h5-7,10,12H,1-4H2. The van der Waals surface area contributed by atoms with Gasteiger partial charge in [-0.2, -0.15) is 0 Å². The molecule has 1 N–H and O–H groups in total. The van der Waals surface area contributed by atoms with Crippen LogP contribution < -0.4 is 0 Å². The van der Waals surface area contributed by atoms with Crippen molar-refractivity contribution in [2.24, 2.45) is 0 Å². The Morgan fingerprint density at radius 2 is 2.00 bits per heavy atom. The van der Waals surface area contributed by atoms with E-state index in [1.807, 2.05) is 12.4 Å². The molecule has 2 rings (SSSR count). The summed E-state index contributed by atoms with van der Waals surface area (Å²) in [5.41, 5.74) is 2.68. The number of hydrogen-bond acceptors (Lipinski definition) is 2. The van der Waals surface area contributed by atoms with Gasteiger partial charge in [0.05, 0.1) is 6.10 Å². The van der Waals surface area contributed by atoms with Gasteiger partial charge in [-0.3, -0.25) is 4.98 Å². The molecule has 0 bridgehead atoms. The summed E-state index contributed by atoms with van der Waals surface area (Å²) in [6.45, 7) is 0. The van der Waals surface area contributed by atoms with E-state index in [0.29, 0.717) is 0 Å². The molecule has 2 heteroatoms. The molecule has 1 aliphatic rings. The lowest BCUT2D eigenvalue weighted by Crippen LogP contribution is -2.05. The smallest absolute Gasteiger partial charge is 0.0546 e. The van der Waals surface area contributed by atoms with Crippen molar-refractivity contribution in [3.05, 3.63) is 29.6 Å². The molecule has 1 aromatic heterocycles. The third-order valence-corrected chi connectivity index (χ3v) is 2.50. The predicted molar refractivity (Wildman–Crippen MR) is 46.9 cm³/mol. The summed E-state index contributed by atoms with van der Waals surface area (Å²) in [6, 6.07) is 2.06. The van der Waals surface area contributed by atoms with Crippen molar-refractivity contribution in [1.82, 2.24) is 4.98 Å². The largest absolute Gasteiger partial charge is 0.393 e. The van der Waals surface area contributed by atoms with Gasteiger partial charge in [-0.15, -0.1) is 0 Å². The molecule has 0 saturated heterocycles. The van der Waals surface area contributed by atoms with Gasteiger partial charge in [-0.1, -0.05) is 0 Å². The highest BCUT2D eigenvalue weighted by Crippen LogP contribution is 2.19. The molecule has 0 aromatic carbocycles. The number of aliphatic hydroxyl groups excluding tert-OH is 1. The highest BCUT2D eigenvalue weighted by atomic mass is 16.3. The Hall–Kier alpha value is -0.890. The van der Waals surface area contributed by atoms with Crippen LogP contribution in [-0.4, -0.2) is 16.2 Å². The van der Waals surface area contributed by atoms with Crippen molar-refractivity contribution >= 4 is 0 Å². The SMILES string of the molecule is OC1CCc2ccncc2CC1. The Morgan fingerprint density at radius 1 is 1.25 bits per heavy atom. The first kappa shape index (κ1) is 7.74.